The van der Waals surface area contributed by atoms with Gasteiger partial charge >= 0.3 is 0 Å². The van der Waals surface area contributed by atoms with Crippen molar-refractivity contribution in [3.8, 4) is 11.3 Å². The van der Waals surface area contributed by atoms with Crippen molar-refractivity contribution in [2.45, 2.75) is 6.42 Å². The molecule has 0 aliphatic rings. The van der Waals surface area contributed by atoms with Gasteiger partial charge in [0.2, 0.25) is 0 Å². The Bertz CT molecular complexity index is 850. The lowest BCUT2D eigenvalue weighted by molar-refractivity contribution is 0.0948. The summed E-state index contributed by atoms with van der Waals surface area (Å²) in [6, 6.07) is 20.9. The minimum atomic E-state index is -0.0929. The summed E-state index contributed by atoms with van der Waals surface area (Å²) < 4.78 is 4.96. The summed E-state index contributed by atoms with van der Waals surface area (Å²) in [5.41, 5.74) is 3.30. The summed E-state index contributed by atoms with van der Waals surface area (Å²) in [6.07, 6.45) is 0.791. The molecule has 138 valence electrons. The lowest BCUT2D eigenvalue weighted by Gasteiger charge is -2.08. The van der Waals surface area contributed by atoms with Crippen LogP contribution in [0.1, 0.15) is 16.8 Å². The van der Waals surface area contributed by atoms with E-state index in [0.29, 0.717) is 24.5 Å². The van der Waals surface area contributed by atoms with Gasteiger partial charge in [0, 0.05) is 37.1 Å². The lowest BCUT2D eigenvalue weighted by Crippen LogP contribution is -2.25. The second-order valence-electron chi connectivity index (χ2n) is 5.97. The number of nitrogens with zero attached hydrogens (tertiary/aromatic N) is 2. The van der Waals surface area contributed by atoms with Gasteiger partial charge in [-0.3, -0.25) is 4.79 Å². The summed E-state index contributed by atoms with van der Waals surface area (Å²) >= 11 is 0. The molecule has 0 atom stereocenters. The molecule has 3 rings (SSSR count). The van der Waals surface area contributed by atoms with Crippen molar-refractivity contribution in [1.29, 1.82) is 0 Å². The monoisotopic (exact) mass is 362 g/mol. The Morgan fingerprint density at radius 2 is 1.74 bits per heavy atom. The topological polar surface area (TPSA) is 76.1 Å². The predicted molar refractivity (Wildman–Crippen MR) is 106 cm³/mol. The Hall–Kier alpha value is -3.25. The Labute approximate surface area is 158 Å². The van der Waals surface area contributed by atoms with Crippen LogP contribution >= 0.6 is 0 Å². The van der Waals surface area contributed by atoms with E-state index in [1.165, 1.54) is 0 Å². The number of methoxy groups -OCH3 is 1. The number of anilines is 2. The van der Waals surface area contributed by atoms with Crippen molar-refractivity contribution in [3.63, 3.8) is 0 Å². The molecule has 0 saturated heterocycles. The molecule has 0 aliphatic heterocycles. The molecule has 1 aromatic heterocycles. The first-order chi connectivity index (χ1) is 13.3. The Kier molecular flexibility index (Phi) is 6.49. The van der Waals surface area contributed by atoms with Gasteiger partial charge in [0.05, 0.1) is 5.69 Å². The first-order valence-corrected chi connectivity index (χ1v) is 8.79. The zero-order chi connectivity index (χ0) is 18.9. The zero-order valence-electron chi connectivity index (χ0n) is 15.2. The molecule has 0 bridgehead atoms. The molecule has 0 fully saturated rings. The number of nitrogens with one attached hydrogen (secondary N) is 2. The fourth-order valence-electron chi connectivity index (χ4n) is 2.54. The van der Waals surface area contributed by atoms with Crippen LogP contribution in [0.5, 0.6) is 0 Å². The number of ether oxygens (including phenoxy) is 1. The lowest BCUT2D eigenvalue weighted by atomic mass is 10.1. The van der Waals surface area contributed by atoms with Crippen LogP contribution in [0.4, 0.5) is 11.5 Å². The third kappa shape index (κ3) is 5.36. The van der Waals surface area contributed by atoms with Gasteiger partial charge in [0.1, 0.15) is 0 Å². The Balaban J connectivity index is 1.57. The van der Waals surface area contributed by atoms with Crippen LogP contribution < -0.4 is 10.6 Å². The Morgan fingerprint density at radius 1 is 0.963 bits per heavy atom. The van der Waals surface area contributed by atoms with Gasteiger partial charge in [-0.2, -0.15) is 0 Å². The molecule has 1 amide bonds. The maximum Gasteiger partial charge on any atom is 0.251 e. The second kappa shape index (κ2) is 9.45. The van der Waals surface area contributed by atoms with Crippen molar-refractivity contribution in [2.24, 2.45) is 0 Å². The van der Waals surface area contributed by atoms with Crippen molar-refractivity contribution >= 4 is 17.4 Å². The molecule has 0 spiro atoms. The molecule has 0 aliphatic carbocycles. The van der Waals surface area contributed by atoms with Gasteiger partial charge in [-0.05, 0) is 42.8 Å². The van der Waals surface area contributed by atoms with E-state index in [2.05, 4.69) is 20.8 Å². The quantitative estimate of drug-likeness (QED) is 0.598. The third-order valence-electron chi connectivity index (χ3n) is 3.96. The molecule has 0 radical (unpaired) electrons. The van der Waals surface area contributed by atoms with E-state index >= 15 is 0 Å². The number of hydrogen-bond acceptors (Lipinski definition) is 5. The van der Waals surface area contributed by atoms with Gasteiger partial charge in [0.25, 0.3) is 5.91 Å². The maximum absolute atomic E-state index is 12.1. The van der Waals surface area contributed by atoms with Gasteiger partial charge in [-0.15, -0.1) is 10.2 Å². The smallest absolute Gasteiger partial charge is 0.251 e. The number of carbonyl (C=O) groups is 1. The summed E-state index contributed by atoms with van der Waals surface area (Å²) in [5, 5.41) is 14.5. The first-order valence-electron chi connectivity index (χ1n) is 8.79. The molecule has 2 aromatic carbocycles. The number of aromatic nitrogens is 2. The minimum Gasteiger partial charge on any atom is -0.385 e. The highest BCUT2D eigenvalue weighted by Crippen LogP contribution is 2.19. The molecule has 0 saturated carbocycles. The van der Waals surface area contributed by atoms with E-state index in [1.54, 1.807) is 19.2 Å². The van der Waals surface area contributed by atoms with Crippen LogP contribution in [-0.4, -0.2) is 36.4 Å². The van der Waals surface area contributed by atoms with Gasteiger partial charge in [-0.1, -0.05) is 30.3 Å². The zero-order valence-corrected chi connectivity index (χ0v) is 15.2. The summed E-state index contributed by atoms with van der Waals surface area (Å²) in [6.45, 7) is 1.23. The molecule has 2 N–H and O–H groups in total. The van der Waals surface area contributed by atoms with Crippen LogP contribution in [0.2, 0.25) is 0 Å². The van der Waals surface area contributed by atoms with E-state index in [-0.39, 0.29) is 5.91 Å². The fraction of sp³-hybridized carbons (Fsp3) is 0.190. The first kappa shape index (κ1) is 18.5. The van der Waals surface area contributed by atoms with Crippen molar-refractivity contribution in [2.75, 3.05) is 25.6 Å². The van der Waals surface area contributed by atoms with E-state index in [1.807, 2.05) is 54.6 Å². The molecular formula is C21H22N4O2. The highest BCUT2D eigenvalue weighted by molar-refractivity contribution is 5.94. The van der Waals surface area contributed by atoms with Crippen LogP contribution in [0.25, 0.3) is 11.3 Å². The van der Waals surface area contributed by atoms with Crippen LogP contribution in [0.3, 0.4) is 0 Å². The normalized spacial score (nSPS) is 10.4. The van der Waals surface area contributed by atoms with Gasteiger partial charge in [0.15, 0.2) is 5.82 Å². The molecule has 1 heterocycles. The molecule has 27 heavy (non-hydrogen) atoms. The van der Waals surface area contributed by atoms with Gasteiger partial charge in [-0.25, -0.2) is 0 Å². The molecule has 6 nitrogen and oxygen atoms in total. The van der Waals surface area contributed by atoms with Crippen molar-refractivity contribution in [3.05, 3.63) is 72.3 Å². The van der Waals surface area contributed by atoms with E-state index < -0.39 is 0 Å². The maximum atomic E-state index is 12.1. The Morgan fingerprint density at radius 3 is 2.41 bits per heavy atom. The molecular weight excluding hydrogens is 340 g/mol. The van der Waals surface area contributed by atoms with E-state index in [4.69, 9.17) is 4.74 Å². The number of benzene rings is 2. The van der Waals surface area contributed by atoms with Crippen LogP contribution in [0.15, 0.2) is 66.7 Å². The highest BCUT2D eigenvalue weighted by atomic mass is 16.5. The van der Waals surface area contributed by atoms with Crippen molar-refractivity contribution < 1.29 is 9.53 Å². The summed E-state index contributed by atoms with van der Waals surface area (Å²) in [4.78, 5) is 12.1. The highest BCUT2D eigenvalue weighted by Gasteiger charge is 2.05. The molecule has 6 heteroatoms. The number of amides is 1. The second-order valence-corrected chi connectivity index (χ2v) is 5.97. The summed E-state index contributed by atoms with van der Waals surface area (Å²) in [5.74, 6) is 0.552. The predicted octanol–water partition coefficient (Wildman–Crippen LogP) is 3.65. The molecule has 3 aromatic rings. The number of rotatable bonds is 8. The van der Waals surface area contributed by atoms with E-state index in [9.17, 15) is 4.79 Å². The average molecular weight is 362 g/mol. The molecule has 0 unspecified atom stereocenters. The average Bonchev–Trinajstić information content (AvgIpc) is 2.73. The van der Waals surface area contributed by atoms with Crippen LogP contribution in [-0.2, 0) is 4.74 Å². The third-order valence-corrected chi connectivity index (χ3v) is 3.96. The van der Waals surface area contributed by atoms with Gasteiger partial charge < -0.3 is 15.4 Å². The standard InChI is InChI=1S/C21H22N4O2/c1-27-15-5-14-22-21(26)17-8-10-18(11-9-17)23-20-13-12-19(24-25-20)16-6-3-2-4-7-16/h2-4,6-13H,5,14-15H2,1H3,(H,22,26)(H,23,25). The largest absolute Gasteiger partial charge is 0.385 e. The summed E-state index contributed by atoms with van der Waals surface area (Å²) in [7, 11) is 1.65. The van der Waals surface area contributed by atoms with E-state index in [0.717, 1.165) is 23.4 Å². The number of carbonyl (C=O) groups excluding carboxylic acids is 1. The van der Waals surface area contributed by atoms with Crippen LogP contribution in [0, 0.1) is 0 Å². The number of hydrogen-bond donors (Lipinski definition) is 2. The van der Waals surface area contributed by atoms with Crippen molar-refractivity contribution in [1.82, 2.24) is 15.5 Å². The SMILES string of the molecule is COCCCNC(=O)c1ccc(Nc2ccc(-c3ccccc3)nn2)cc1. The fourth-order valence-corrected chi connectivity index (χ4v) is 2.54. The minimum absolute atomic E-state index is 0.0929.